The lowest BCUT2D eigenvalue weighted by molar-refractivity contribution is -0.242. The molecular weight excluding hydrogens is 307 g/mol. The molecule has 9 heteroatoms. The topological polar surface area (TPSA) is 84.9 Å². The van der Waals surface area contributed by atoms with Crippen LogP contribution < -0.4 is 10.1 Å². The smallest absolute Gasteiger partial charge is 0.426 e. The summed E-state index contributed by atoms with van der Waals surface area (Å²) in [6.07, 6.45) is -5.14. The average molecular weight is 321 g/mol. The molecule has 0 aromatic heterocycles. The fourth-order valence-corrected chi connectivity index (χ4v) is 1.41. The Labute approximate surface area is 123 Å². The van der Waals surface area contributed by atoms with Gasteiger partial charge < -0.3 is 19.9 Å². The van der Waals surface area contributed by atoms with Crippen LogP contribution in [0.3, 0.4) is 0 Å². The van der Waals surface area contributed by atoms with Gasteiger partial charge in [0.1, 0.15) is 5.75 Å². The SMILES string of the molecule is COC(=O)c1ccc(NC(=O)C(C)(O)C(F)(F)F)c(OC)c1. The quantitative estimate of drug-likeness (QED) is 0.825. The molecule has 6 nitrogen and oxygen atoms in total. The Morgan fingerprint density at radius 1 is 1.23 bits per heavy atom. The highest BCUT2D eigenvalue weighted by atomic mass is 19.4. The van der Waals surface area contributed by atoms with Gasteiger partial charge in [-0.1, -0.05) is 0 Å². The molecule has 1 rings (SSSR count). The molecule has 1 aromatic carbocycles. The molecule has 0 aliphatic rings. The van der Waals surface area contributed by atoms with Crippen molar-refractivity contribution in [2.45, 2.75) is 18.7 Å². The lowest BCUT2D eigenvalue weighted by Gasteiger charge is -2.25. The first-order valence-corrected chi connectivity index (χ1v) is 5.91. The van der Waals surface area contributed by atoms with Crippen molar-refractivity contribution in [3.63, 3.8) is 0 Å². The number of aliphatic hydroxyl groups is 1. The molecule has 122 valence electrons. The Kier molecular flexibility index (Phi) is 5.02. The van der Waals surface area contributed by atoms with Gasteiger partial charge in [-0.25, -0.2) is 4.79 Å². The molecular formula is C13H14F3NO5. The molecule has 0 saturated heterocycles. The molecule has 0 heterocycles. The third kappa shape index (κ3) is 3.48. The van der Waals surface area contributed by atoms with E-state index in [1.165, 1.54) is 19.2 Å². The van der Waals surface area contributed by atoms with Gasteiger partial charge in [0.05, 0.1) is 25.5 Å². The normalized spacial score (nSPS) is 14.0. The van der Waals surface area contributed by atoms with Gasteiger partial charge in [0.15, 0.2) is 0 Å². The highest BCUT2D eigenvalue weighted by molar-refractivity contribution is 5.99. The molecule has 1 amide bonds. The number of ether oxygens (including phenoxy) is 2. The fraction of sp³-hybridized carbons (Fsp3) is 0.385. The van der Waals surface area contributed by atoms with E-state index in [-0.39, 0.29) is 17.0 Å². The third-order valence-electron chi connectivity index (χ3n) is 2.86. The number of carbonyl (C=O) groups is 2. The van der Waals surface area contributed by atoms with E-state index in [2.05, 4.69) is 4.74 Å². The highest BCUT2D eigenvalue weighted by Gasteiger charge is 2.55. The summed E-state index contributed by atoms with van der Waals surface area (Å²) in [5.74, 6) is -2.42. The maximum absolute atomic E-state index is 12.6. The first-order chi connectivity index (χ1) is 10.0. The van der Waals surface area contributed by atoms with Crippen molar-refractivity contribution in [3.05, 3.63) is 23.8 Å². The van der Waals surface area contributed by atoms with Crippen molar-refractivity contribution < 1.29 is 37.3 Å². The van der Waals surface area contributed by atoms with Crippen molar-refractivity contribution in [1.29, 1.82) is 0 Å². The van der Waals surface area contributed by atoms with Crippen LogP contribution >= 0.6 is 0 Å². The summed E-state index contributed by atoms with van der Waals surface area (Å²) in [4.78, 5) is 22.9. The molecule has 1 atom stereocenters. The Hall–Kier alpha value is -2.29. The molecule has 0 saturated carbocycles. The van der Waals surface area contributed by atoms with Crippen molar-refractivity contribution in [3.8, 4) is 5.75 Å². The van der Waals surface area contributed by atoms with Gasteiger partial charge in [-0.05, 0) is 25.1 Å². The Balaban J connectivity index is 3.09. The summed E-state index contributed by atoms with van der Waals surface area (Å²) in [5.41, 5.74) is -3.62. The van der Waals surface area contributed by atoms with E-state index in [9.17, 15) is 27.9 Å². The average Bonchev–Trinajstić information content (AvgIpc) is 2.45. The number of nitrogens with one attached hydrogen (secondary N) is 1. The molecule has 1 unspecified atom stereocenters. The van der Waals surface area contributed by atoms with Crippen LogP contribution in [0, 0.1) is 0 Å². The predicted molar refractivity (Wildman–Crippen MR) is 69.6 cm³/mol. The zero-order valence-corrected chi connectivity index (χ0v) is 11.9. The van der Waals surface area contributed by atoms with Gasteiger partial charge in [0.2, 0.25) is 5.60 Å². The maximum atomic E-state index is 12.6. The number of alkyl halides is 3. The van der Waals surface area contributed by atoms with Crippen LogP contribution in [0.25, 0.3) is 0 Å². The molecule has 0 aliphatic carbocycles. The van der Waals surface area contributed by atoms with Gasteiger partial charge in [-0.2, -0.15) is 13.2 Å². The summed E-state index contributed by atoms with van der Waals surface area (Å²) < 4.78 is 47.1. The van der Waals surface area contributed by atoms with Gasteiger partial charge in [-0.15, -0.1) is 0 Å². The van der Waals surface area contributed by atoms with Crippen molar-refractivity contribution in [1.82, 2.24) is 0 Å². The summed E-state index contributed by atoms with van der Waals surface area (Å²) in [6.45, 7) is 0.331. The number of carbonyl (C=O) groups excluding carboxylic acids is 2. The number of hydrogen-bond acceptors (Lipinski definition) is 5. The lowest BCUT2D eigenvalue weighted by Crippen LogP contribution is -2.52. The largest absolute Gasteiger partial charge is 0.495 e. The number of rotatable bonds is 4. The molecule has 0 aliphatic heterocycles. The van der Waals surface area contributed by atoms with E-state index < -0.39 is 23.7 Å². The molecule has 0 radical (unpaired) electrons. The zero-order valence-electron chi connectivity index (χ0n) is 11.9. The van der Waals surface area contributed by atoms with Gasteiger partial charge in [0, 0.05) is 0 Å². The summed E-state index contributed by atoms with van der Waals surface area (Å²) in [7, 11) is 2.36. The number of benzene rings is 1. The van der Waals surface area contributed by atoms with Gasteiger partial charge in [0.25, 0.3) is 5.91 Å². The van der Waals surface area contributed by atoms with Crippen LogP contribution in [0.1, 0.15) is 17.3 Å². The highest BCUT2D eigenvalue weighted by Crippen LogP contribution is 2.33. The van der Waals surface area contributed by atoms with Crippen LogP contribution in [0.2, 0.25) is 0 Å². The molecule has 0 bridgehead atoms. The molecule has 1 aromatic rings. The summed E-state index contributed by atoms with van der Waals surface area (Å²) >= 11 is 0. The lowest BCUT2D eigenvalue weighted by atomic mass is 10.1. The van der Waals surface area contributed by atoms with Crippen LogP contribution in [-0.2, 0) is 9.53 Å². The zero-order chi connectivity index (χ0) is 17.1. The number of anilines is 1. The Morgan fingerprint density at radius 3 is 2.27 bits per heavy atom. The second-order valence-corrected chi connectivity index (χ2v) is 4.43. The first kappa shape index (κ1) is 17.8. The van der Waals surface area contributed by atoms with E-state index in [1.54, 1.807) is 0 Å². The Morgan fingerprint density at radius 2 is 1.82 bits per heavy atom. The van der Waals surface area contributed by atoms with Crippen molar-refractivity contribution >= 4 is 17.6 Å². The summed E-state index contributed by atoms with van der Waals surface area (Å²) in [6, 6.07) is 3.57. The van der Waals surface area contributed by atoms with Gasteiger partial charge >= 0.3 is 12.1 Å². The minimum atomic E-state index is -5.14. The third-order valence-corrected chi connectivity index (χ3v) is 2.86. The minimum absolute atomic E-state index is 0.0609. The minimum Gasteiger partial charge on any atom is -0.495 e. The number of amides is 1. The monoisotopic (exact) mass is 321 g/mol. The number of hydrogen-bond donors (Lipinski definition) is 2. The Bertz CT molecular complexity index is 584. The van der Waals surface area contributed by atoms with Crippen LogP contribution in [0.5, 0.6) is 5.75 Å². The second-order valence-electron chi connectivity index (χ2n) is 4.43. The van der Waals surface area contributed by atoms with Crippen LogP contribution in [-0.4, -0.2) is 43.0 Å². The molecule has 2 N–H and O–H groups in total. The number of esters is 1. The standard InChI is InChI=1S/C13H14F3NO5/c1-12(20,13(14,15)16)11(19)17-8-5-4-7(10(18)22-3)6-9(8)21-2/h4-6,20H,1-3H3,(H,17,19). The van der Waals surface area contributed by atoms with E-state index in [0.29, 0.717) is 6.92 Å². The van der Waals surface area contributed by atoms with Crippen LogP contribution in [0.4, 0.5) is 18.9 Å². The number of halogens is 3. The number of methoxy groups -OCH3 is 2. The van der Waals surface area contributed by atoms with Crippen molar-refractivity contribution in [2.75, 3.05) is 19.5 Å². The van der Waals surface area contributed by atoms with E-state index in [4.69, 9.17) is 4.74 Å². The summed E-state index contributed by atoms with van der Waals surface area (Å²) in [5, 5.41) is 11.2. The molecule has 0 fully saturated rings. The van der Waals surface area contributed by atoms with Crippen LogP contribution in [0.15, 0.2) is 18.2 Å². The van der Waals surface area contributed by atoms with E-state index in [1.807, 2.05) is 5.32 Å². The molecule has 22 heavy (non-hydrogen) atoms. The van der Waals surface area contributed by atoms with Gasteiger partial charge in [-0.3, -0.25) is 4.79 Å². The van der Waals surface area contributed by atoms with Crippen molar-refractivity contribution in [2.24, 2.45) is 0 Å². The second kappa shape index (κ2) is 6.22. The maximum Gasteiger partial charge on any atom is 0.426 e. The van der Waals surface area contributed by atoms with E-state index in [0.717, 1.165) is 13.2 Å². The molecule has 0 spiro atoms. The first-order valence-electron chi connectivity index (χ1n) is 5.91. The fourth-order valence-electron chi connectivity index (χ4n) is 1.41. The predicted octanol–water partition coefficient (Wildman–Crippen LogP) is 1.73. The van der Waals surface area contributed by atoms with E-state index >= 15 is 0 Å².